The molecule has 0 unspecified atom stereocenters. The van der Waals surface area contributed by atoms with Crippen LogP contribution in [-0.4, -0.2) is 31.7 Å². The highest BCUT2D eigenvalue weighted by Gasteiger charge is 2.21. The van der Waals surface area contributed by atoms with Crippen LogP contribution in [0.15, 0.2) is 48.5 Å². The molecule has 0 spiro atoms. The summed E-state index contributed by atoms with van der Waals surface area (Å²) in [7, 11) is 0. The smallest absolute Gasteiger partial charge is 0.231 e. The van der Waals surface area contributed by atoms with E-state index >= 15 is 0 Å². The molecule has 0 radical (unpaired) electrons. The summed E-state index contributed by atoms with van der Waals surface area (Å²) in [6, 6.07) is 15.7. The largest absolute Gasteiger partial charge is 0.454 e. The van der Waals surface area contributed by atoms with Gasteiger partial charge in [-0.15, -0.1) is 0 Å². The summed E-state index contributed by atoms with van der Waals surface area (Å²) in [5, 5.41) is 5.51. The molecule has 0 saturated carbocycles. The molecule has 0 aromatic heterocycles. The van der Waals surface area contributed by atoms with Gasteiger partial charge in [0.1, 0.15) is 0 Å². The zero-order valence-electron chi connectivity index (χ0n) is 14.7. The predicted molar refractivity (Wildman–Crippen MR) is 97.2 cm³/mol. The van der Waals surface area contributed by atoms with Crippen LogP contribution >= 0.6 is 0 Å². The van der Waals surface area contributed by atoms with Crippen molar-refractivity contribution in [1.82, 2.24) is 10.6 Å². The van der Waals surface area contributed by atoms with Crippen molar-refractivity contribution in [2.45, 2.75) is 19.3 Å². The average Bonchev–Trinajstić information content (AvgIpc) is 3.11. The minimum Gasteiger partial charge on any atom is -0.454 e. The van der Waals surface area contributed by atoms with Crippen LogP contribution in [0, 0.1) is 0 Å². The Hall–Kier alpha value is -3.02. The lowest BCUT2D eigenvalue weighted by atomic mass is 9.88. The monoisotopic (exact) mass is 354 g/mol. The molecule has 1 aliphatic heterocycles. The lowest BCUT2D eigenvalue weighted by molar-refractivity contribution is -0.122. The van der Waals surface area contributed by atoms with Gasteiger partial charge >= 0.3 is 0 Å². The third-order valence-corrected chi connectivity index (χ3v) is 4.21. The maximum absolute atomic E-state index is 12.4. The number of hydrogen-bond acceptors (Lipinski definition) is 4. The average molecular weight is 354 g/mol. The van der Waals surface area contributed by atoms with Crippen molar-refractivity contribution < 1.29 is 19.1 Å². The molecule has 1 heterocycles. The number of carbonyl (C=O) groups excluding carboxylic acids is 2. The lowest BCUT2D eigenvalue weighted by Gasteiger charge is -2.18. The van der Waals surface area contributed by atoms with Gasteiger partial charge in [0, 0.05) is 32.4 Å². The van der Waals surface area contributed by atoms with Crippen LogP contribution in [0.5, 0.6) is 11.5 Å². The Labute approximate surface area is 152 Å². The summed E-state index contributed by atoms with van der Waals surface area (Å²) in [4.78, 5) is 23.3. The Morgan fingerprint density at radius 1 is 0.962 bits per heavy atom. The van der Waals surface area contributed by atoms with Crippen molar-refractivity contribution >= 4 is 11.8 Å². The van der Waals surface area contributed by atoms with E-state index in [0.717, 1.165) is 16.9 Å². The zero-order valence-corrected chi connectivity index (χ0v) is 14.7. The summed E-state index contributed by atoms with van der Waals surface area (Å²) in [6.45, 7) is 2.49. The number of rotatable bonds is 7. The van der Waals surface area contributed by atoms with Gasteiger partial charge in [-0.1, -0.05) is 36.4 Å². The number of nitrogens with one attached hydrogen (secondary N) is 2. The Balaban J connectivity index is 1.72. The fourth-order valence-corrected chi connectivity index (χ4v) is 2.94. The second kappa shape index (κ2) is 8.38. The first kappa shape index (κ1) is 17.8. The van der Waals surface area contributed by atoms with Gasteiger partial charge in [0.25, 0.3) is 0 Å². The number of fused-ring (bicyclic) bond motifs is 1. The lowest BCUT2D eigenvalue weighted by Crippen LogP contribution is -2.34. The highest BCUT2D eigenvalue weighted by atomic mass is 16.7. The number of ether oxygens (including phenoxy) is 2. The molecule has 136 valence electrons. The molecule has 6 heteroatoms. The van der Waals surface area contributed by atoms with E-state index in [1.165, 1.54) is 6.92 Å². The Kier molecular flexibility index (Phi) is 5.73. The van der Waals surface area contributed by atoms with Crippen LogP contribution in [0.4, 0.5) is 0 Å². The molecular formula is C20H22N2O4. The maximum atomic E-state index is 12.4. The van der Waals surface area contributed by atoms with Crippen molar-refractivity contribution in [2.24, 2.45) is 0 Å². The van der Waals surface area contributed by atoms with Gasteiger partial charge in [-0.3, -0.25) is 9.59 Å². The summed E-state index contributed by atoms with van der Waals surface area (Å²) in [5.41, 5.74) is 2.06. The number of amides is 2. The van der Waals surface area contributed by atoms with Crippen molar-refractivity contribution in [1.29, 1.82) is 0 Å². The molecule has 6 nitrogen and oxygen atoms in total. The molecule has 0 aliphatic carbocycles. The summed E-state index contributed by atoms with van der Waals surface area (Å²) < 4.78 is 10.8. The van der Waals surface area contributed by atoms with Crippen molar-refractivity contribution in [3.63, 3.8) is 0 Å². The van der Waals surface area contributed by atoms with E-state index in [0.29, 0.717) is 25.3 Å². The van der Waals surface area contributed by atoms with E-state index < -0.39 is 0 Å². The zero-order chi connectivity index (χ0) is 18.4. The van der Waals surface area contributed by atoms with E-state index in [-0.39, 0.29) is 24.5 Å². The second-order valence-electron chi connectivity index (χ2n) is 6.11. The number of hydrogen-bond donors (Lipinski definition) is 2. The minimum absolute atomic E-state index is 0.0677. The first-order chi connectivity index (χ1) is 12.6. The number of benzene rings is 2. The Morgan fingerprint density at radius 2 is 1.69 bits per heavy atom. The molecule has 2 aromatic rings. The summed E-state index contributed by atoms with van der Waals surface area (Å²) in [5.74, 6) is 1.16. The minimum atomic E-state index is -0.109. The van der Waals surface area contributed by atoms with Crippen molar-refractivity contribution in [3.05, 3.63) is 59.7 Å². The van der Waals surface area contributed by atoms with Gasteiger partial charge in [-0.2, -0.15) is 0 Å². The molecule has 1 atom stereocenters. The fourth-order valence-electron chi connectivity index (χ4n) is 2.94. The predicted octanol–water partition coefficient (Wildman–Crippen LogP) is 2.19. The Morgan fingerprint density at radius 3 is 2.46 bits per heavy atom. The summed E-state index contributed by atoms with van der Waals surface area (Å²) >= 11 is 0. The second-order valence-corrected chi connectivity index (χ2v) is 6.11. The quantitative estimate of drug-likeness (QED) is 0.748. The molecule has 26 heavy (non-hydrogen) atoms. The number of carbonyl (C=O) groups is 2. The van der Waals surface area contributed by atoms with Crippen LogP contribution in [0.2, 0.25) is 0 Å². The first-order valence-corrected chi connectivity index (χ1v) is 8.59. The topological polar surface area (TPSA) is 76.7 Å². The molecule has 2 amide bonds. The molecule has 0 fully saturated rings. The van der Waals surface area contributed by atoms with E-state index in [9.17, 15) is 9.59 Å². The molecule has 3 rings (SSSR count). The van der Waals surface area contributed by atoms with Gasteiger partial charge in [-0.25, -0.2) is 0 Å². The maximum Gasteiger partial charge on any atom is 0.231 e. The van der Waals surface area contributed by atoms with Crippen molar-refractivity contribution in [3.8, 4) is 11.5 Å². The molecule has 0 bridgehead atoms. The highest BCUT2D eigenvalue weighted by Crippen LogP contribution is 2.37. The molecule has 0 saturated heterocycles. The van der Waals surface area contributed by atoms with Crippen molar-refractivity contribution in [2.75, 3.05) is 19.9 Å². The summed E-state index contributed by atoms with van der Waals surface area (Å²) in [6.07, 6.45) is 0.309. The van der Waals surface area contributed by atoms with E-state index in [2.05, 4.69) is 10.6 Å². The van der Waals surface area contributed by atoms with Crippen LogP contribution in [0.1, 0.15) is 30.4 Å². The third kappa shape index (κ3) is 4.53. The van der Waals surface area contributed by atoms with Gasteiger partial charge < -0.3 is 20.1 Å². The Bertz CT molecular complexity index is 777. The molecule has 1 aliphatic rings. The SMILES string of the molecule is CC(=O)NCCNC(=O)C[C@H](c1ccccc1)c1ccc2c(c1)OCO2. The van der Waals surface area contributed by atoms with Crippen LogP contribution in [0.25, 0.3) is 0 Å². The van der Waals surface area contributed by atoms with Gasteiger partial charge in [0.05, 0.1) is 0 Å². The first-order valence-electron chi connectivity index (χ1n) is 8.59. The highest BCUT2D eigenvalue weighted by molar-refractivity contribution is 5.78. The standard InChI is InChI=1S/C20H22N2O4/c1-14(23)21-9-10-22-20(24)12-17(15-5-3-2-4-6-15)16-7-8-18-19(11-16)26-13-25-18/h2-8,11,17H,9-10,12-13H2,1H3,(H,21,23)(H,22,24)/t17-/m1/s1. The van der Waals surface area contributed by atoms with Crippen LogP contribution in [0.3, 0.4) is 0 Å². The molecule has 2 N–H and O–H groups in total. The van der Waals surface area contributed by atoms with Gasteiger partial charge in [-0.05, 0) is 23.3 Å². The van der Waals surface area contributed by atoms with E-state index in [4.69, 9.17) is 9.47 Å². The van der Waals surface area contributed by atoms with Crippen LogP contribution in [-0.2, 0) is 9.59 Å². The van der Waals surface area contributed by atoms with Crippen LogP contribution < -0.4 is 20.1 Å². The normalized spacial score (nSPS) is 13.1. The molecular weight excluding hydrogens is 332 g/mol. The third-order valence-electron chi connectivity index (χ3n) is 4.21. The van der Waals surface area contributed by atoms with Gasteiger partial charge in [0.15, 0.2) is 11.5 Å². The fraction of sp³-hybridized carbons (Fsp3) is 0.300. The van der Waals surface area contributed by atoms with E-state index in [1.54, 1.807) is 0 Å². The van der Waals surface area contributed by atoms with E-state index in [1.807, 2.05) is 48.5 Å². The van der Waals surface area contributed by atoms with Gasteiger partial charge in [0.2, 0.25) is 18.6 Å². The molecule has 2 aromatic carbocycles.